The molecule has 128 valence electrons. The lowest BCUT2D eigenvalue weighted by Crippen LogP contribution is -2.46. The van der Waals surface area contributed by atoms with Crippen molar-refractivity contribution in [1.82, 2.24) is 9.47 Å². The van der Waals surface area contributed by atoms with Crippen LogP contribution >= 0.6 is 0 Å². The average molecular weight is 330 g/mol. The van der Waals surface area contributed by atoms with E-state index in [2.05, 4.69) is 17.6 Å². The van der Waals surface area contributed by atoms with Crippen LogP contribution in [0.25, 0.3) is 10.9 Å². The highest BCUT2D eigenvalue weighted by atomic mass is 16.5. The first-order valence-corrected chi connectivity index (χ1v) is 8.26. The van der Waals surface area contributed by atoms with Gasteiger partial charge >= 0.3 is 5.97 Å². The van der Waals surface area contributed by atoms with Crippen molar-refractivity contribution in [3.8, 4) is 0 Å². The number of para-hydroxylation sites is 1. The Balaban J connectivity index is 1.74. The third kappa shape index (κ3) is 3.43. The highest BCUT2D eigenvalue weighted by Gasteiger charge is 2.26. The molecule has 1 saturated heterocycles. The number of fused-ring (bicyclic) bond motifs is 1. The minimum Gasteiger partial charge on any atom is -0.481 e. The Morgan fingerprint density at radius 1 is 1.33 bits per heavy atom. The Morgan fingerprint density at radius 3 is 2.88 bits per heavy atom. The number of aromatic nitrogens is 1. The lowest BCUT2D eigenvalue weighted by atomic mass is 10.1. The molecule has 6 nitrogen and oxygen atoms in total. The van der Waals surface area contributed by atoms with E-state index >= 15 is 0 Å². The second-order valence-corrected chi connectivity index (χ2v) is 6.06. The number of aliphatic carboxylic acids is 1. The summed E-state index contributed by atoms with van der Waals surface area (Å²) in [4.78, 5) is 25.2. The van der Waals surface area contributed by atoms with Gasteiger partial charge in [-0.15, -0.1) is 0 Å². The molecule has 1 aromatic heterocycles. The molecule has 1 amide bonds. The molecule has 24 heavy (non-hydrogen) atoms. The van der Waals surface area contributed by atoms with Crippen LogP contribution in [0, 0.1) is 0 Å². The predicted molar refractivity (Wildman–Crippen MR) is 89.9 cm³/mol. The maximum Gasteiger partial charge on any atom is 0.306 e. The number of amides is 1. The van der Waals surface area contributed by atoms with Crippen LogP contribution < -0.4 is 0 Å². The van der Waals surface area contributed by atoms with Crippen molar-refractivity contribution in [2.75, 3.05) is 19.7 Å². The van der Waals surface area contributed by atoms with E-state index in [1.165, 1.54) is 0 Å². The summed E-state index contributed by atoms with van der Waals surface area (Å²) < 4.78 is 7.58. The van der Waals surface area contributed by atoms with Crippen molar-refractivity contribution in [3.05, 3.63) is 36.0 Å². The summed E-state index contributed by atoms with van der Waals surface area (Å²) in [7, 11) is 0. The molecule has 1 aromatic carbocycles. The molecule has 1 atom stereocenters. The molecular formula is C18H22N2O4. The number of hydrogen-bond acceptors (Lipinski definition) is 3. The largest absolute Gasteiger partial charge is 0.481 e. The normalized spacial score (nSPS) is 18.0. The van der Waals surface area contributed by atoms with Gasteiger partial charge in [0.05, 0.1) is 25.6 Å². The standard InChI is InChI=1S/C18H22N2O4/c1-2-19-11-13(15-5-3-4-6-16(15)19)9-17(21)20-7-8-24-14(12-20)10-18(22)23/h3-6,11,14H,2,7-10,12H2,1H3,(H,22,23)/t14-/m0/s1. The number of hydrogen-bond donors (Lipinski definition) is 1. The first kappa shape index (κ1) is 16.5. The maximum absolute atomic E-state index is 12.7. The van der Waals surface area contributed by atoms with E-state index in [9.17, 15) is 9.59 Å². The molecule has 1 N–H and O–H groups in total. The molecule has 0 spiro atoms. The zero-order valence-corrected chi connectivity index (χ0v) is 13.8. The van der Waals surface area contributed by atoms with E-state index in [0.29, 0.717) is 26.1 Å². The van der Waals surface area contributed by atoms with E-state index in [1.54, 1.807) is 4.90 Å². The Hall–Kier alpha value is -2.34. The number of carboxylic acids is 1. The Labute approximate surface area is 140 Å². The average Bonchev–Trinajstić information content (AvgIpc) is 2.92. The van der Waals surface area contributed by atoms with Gasteiger partial charge in [-0.05, 0) is 18.6 Å². The second kappa shape index (κ2) is 7.05. The zero-order valence-electron chi connectivity index (χ0n) is 13.8. The highest BCUT2D eigenvalue weighted by molar-refractivity contribution is 5.89. The third-order valence-electron chi connectivity index (χ3n) is 4.45. The van der Waals surface area contributed by atoms with E-state index in [1.807, 2.05) is 24.4 Å². The number of ether oxygens (including phenoxy) is 1. The van der Waals surface area contributed by atoms with Gasteiger partial charge in [0.1, 0.15) is 0 Å². The quantitative estimate of drug-likeness (QED) is 0.909. The van der Waals surface area contributed by atoms with Crippen LogP contribution in [0.3, 0.4) is 0 Å². The summed E-state index contributed by atoms with van der Waals surface area (Å²) >= 11 is 0. The van der Waals surface area contributed by atoms with E-state index < -0.39 is 12.1 Å². The first-order valence-electron chi connectivity index (χ1n) is 8.26. The van der Waals surface area contributed by atoms with Crippen molar-refractivity contribution >= 4 is 22.8 Å². The lowest BCUT2D eigenvalue weighted by Gasteiger charge is -2.32. The first-order chi connectivity index (χ1) is 11.6. The number of carbonyl (C=O) groups is 2. The van der Waals surface area contributed by atoms with E-state index in [0.717, 1.165) is 23.0 Å². The van der Waals surface area contributed by atoms with Gasteiger partial charge in [0.2, 0.25) is 5.91 Å². The van der Waals surface area contributed by atoms with Gasteiger partial charge in [-0.1, -0.05) is 18.2 Å². The fourth-order valence-corrected chi connectivity index (χ4v) is 3.26. The number of aryl methyl sites for hydroxylation is 1. The van der Waals surface area contributed by atoms with Crippen LogP contribution in [0.2, 0.25) is 0 Å². The summed E-state index contributed by atoms with van der Waals surface area (Å²) in [6, 6.07) is 8.08. The van der Waals surface area contributed by atoms with Crippen LogP contribution in [0.15, 0.2) is 30.5 Å². The molecular weight excluding hydrogens is 308 g/mol. The van der Waals surface area contributed by atoms with Crippen molar-refractivity contribution in [3.63, 3.8) is 0 Å². The van der Waals surface area contributed by atoms with Crippen LogP contribution in [-0.2, 0) is 27.3 Å². The van der Waals surface area contributed by atoms with Crippen LogP contribution in [0.1, 0.15) is 18.9 Å². The summed E-state index contributed by atoms with van der Waals surface area (Å²) in [5.74, 6) is -0.881. The van der Waals surface area contributed by atoms with E-state index in [-0.39, 0.29) is 12.3 Å². The van der Waals surface area contributed by atoms with Crippen LogP contribution in [-0.4, -0.2) is 52.3 Å². The molecule has 6 heteroatoms. The summed E-state index contributed by atoms with van der Waals surface area (Å²) in [5.41, 5.74) is 2.15. The summed E-state index contributed by atoms with van der Waals surface area (Å²) in [6.07, 6.45) is 1.88. The number of carbonyl (C=O) groups excluding carboxylic acids is 1. The van der Waals surface area contributed by atoms with E-state index in [4.69, 9.17) is 9.84 Å². The smallest absolute Gasteiger partial charge is 0.306 e. The van der Waals surface area contributed by atoms with Crippen LogP contribution in [0.5, 0.6) is 0 Å². The van der Waals surface area contributed by atoms with Gasteiger partial charge in [0, 0.05) is 36.7 Å². The predicted octanol–water partition coefficient (Wildman–Crippen LogP) is 1.91. The Bertz CT molecular complexity index is 753. The molecule has 0 aliphatic carbocycles. The van der Waals surface area contributed by atoms with Gasteiger partial charge in [-0.2, -0.15) is 0 Å². The SMILES string of the molecule is CCn1cc(CC(=O)N2CCO[C@@H](CC(=O)O)C2)c2ccccc21. The Morgan fingerprint density at radius 2 is 2.12 bits per heavy atom. The number of benzene rings is 1. The summed E-state index contributed by atoms with van der Waals surface area (Å²) in [5, 5.41) is 9.99. The maximum atomic E-state index is 12.7. The van der Waals surface area contributed by atoms with Gasteiger partial charge in [0.15, 0.2) is 0 Å². The van der Waals surface area contributed by atoms with Gasteiger partial charge < -0.3 is 19.3 Å². The molecule has 1 aliphatic heterocycles. The molecule has 0 unspecified atom stereocenters. The second-order valence-electron chi connectivity index (χ2n) is 6.06. The molecule has 0 radical (unpaired) electrons. The molecule has 0 bridgehead atoms. The van der Waals surface area contributed by atoms with Gasteiger partial charge in [-0.25, -0.2) is 0 Å². The van der Waals surface area contributed by atoms with Crippen molar-refractivity contribution < 1.29 is 19.4 Å². The summed E-state index contributed by atoms with van der Waals surface area (Å²) in [6.45, 7) is 4.18. The zero-order chi connectivity index (χ0) is 17.1. The lowest BCUT2D eigenvalue weighted by molar-refractivity contribution is -0.147. The number of carboxylic acid groups (broad SMARTS) is 1. The minimum absolute atomic E-state index is 0.0210. The van der Waals surface area contributed by atoms with Crippen molar-refractivity contribution in [1.29, 1.82) is 0 Å². The number of nitrogens with zero attached hydrogens (tertiary/aromatic N) is 2. The molecule has 1 fully saturated rings. The molecule has 0 saturated carbocycles. The highest BCUT2D eigenvalue weighted by Crippen LogP contribution is 2.22. The molecule has 2 heterocycles. The molecule has 3 rings (SSSR count). The third-order valence-corrected chi connectivity index (χ3v) is 4.45. The van der Waals surface area contributed by atoms with Gasteiger partial charge in [0.25, 0.3) is 0 Å². The van der Waals surface area contributed by atoms with Gasteiger partial charge in [-0.3, -0.25) is 9.59 Å². The van der Waals surface area contributed by atoms with Crippen LogP contribution in [0.4, 0.5) is 0 Å². The monoisotopic (exact) mass is 330 g/mol. The fraction of sp³-hybridized carbons (Fsp3) is 0.444. The van der Waals surface area contributed by atoms with Crippen molar-refractivity contribution in [2.45, 2.75) is 32.4 Å². The molecule has 2 aromatic rings. The minimum atomic E-state index is -0.902. The number of morpholine rings is 1. The molecule has 1 aliphatic rings. The number of rotatable bonds is 5. The fourth-order valence-electron chi connectivity index (χ4n) is 3.26. The van der Waals surface area contributed by atoms with Crippen molar-refractivity contribution in [2.24, 2.45) is 0 Å². The topological polar surface area (TPSA) is 71.8 Å². The Kier molecular flexibility index (Phi) is 4.85.